The van der Waals surface area contributed by atoms with Crippen LogP contribution in [0.2, 0.25) is 5.02 Å². The van der Waals surface area contributed by atoms with Gasteiger partial charge >= 0.3 is 5.97 Å². The zero-order chi connectivity index (χ0) is 28.5. The maximum Gasteiger partial charge on any atom is 0.335 e. The quantitative estimate of drug-likeness (QED) is 0.208. The second kappa shape index (κ2) is 11.3. The molecule has 6 rings (SSSR count). The van der Waals surface area contributed by atoms with E-state index in [0.29, 0.717) is 29.4 Å². The number of aromatic carboxylic acids is 1. The normalized spacial score (nSPS) is 14.7. The predicted molar refractivity (Wildman–Crippen MR) is 154 cm³/mol. The van der Waals surface area contributed by atoms with Crippen molar-refractivity contribution in [3.8, 4) is 17.1 Å². The zero-order valence-electron chi connectivity index (χ0n) is 22.3. The van der Waals surface area contributed by atoms with Gasteiger partial charge in [-0.05, 0) is 60.9 Å². The third-order valence-corrected chi connectivity index (χ3v) is 7.53. The smallest absolute Gasteiger partial charge is 0.335 e. The summed E-state index contributed by atoms with van der Waals surface area (Å²) in [5.41, 5.74) is 6.00. The van der Waals surface area contributed by atoms with Gasteiger partial charge in [-0.25, -0.2) is 19.2 Å². The summed E-state index contributed by atoms with van der Waals surface area (Å²) in [6.07, 6.45) is 1.64. The van der Waals surface area contributed by atoms with Crippen molar-refractivity contribution < 1.29 is 23.8 Å². The number of carbonyl (C=O) groups is 1. The Morgan fingerprint density at radius 2 is 1.98 bits per heavy atom. The highest BCUT2D eigenvalue weighted by Gasteiger charge is 2.22. The number of hydrogen-bond acceptors (Lipinski definition) is 5. The highest BCUT2D eigenvalue weighted by atomic mass is 35.5. The van der Waals surface area contributed by atoms with Crippen molar-refractivity contribution in [2.24, 2.45) is 0 Å². The molecule has 1 atom stereocenters. The molecule has 1 unspecified atom stereocenters. The first-order valence-electron chi connectivity index (χ1n) is 13.3. The first-order valence-corrected chi connectivity index (χ1v) is 13.7. The second-order valence-electron chi connectivity index (χ2n) is 10.1. The van der Waals surface area contributed by atoms with Gasteiger partial charge in [0.1, 0.15) is 18.2 Å². The van der Waals surface area contributed by atoms with Crippen molar-refractivity contribution in [1.29, 1.82) is 0 Å². The highest BCUT2D eigenvalue weighted by molar-refractivity contribution is 6.30. The summed E-state index contributed by atoms with van der Waals surface area (Å²) in [5.74, 6) is -0.134. The fourth-order valence-electron chi connectivity index (χ4n) is 5.02. The topological polar surface area (TPSA) is 86.5 Å². The first kappa shape index (κ1) is 26.9. The molecule has 0 aliphatic carbocycles. The molecule has 0 spiro atoms. The van der Waals surface area contributed by atoms with Crippen molar-refractivity contribution in [2.45, 2.75) is 39.0 Å². The summed E-state index contributed by atoms with van der Waals surface area (Å²) >= 11 is 5.84. The van der Waals surface area contributed by atoms with E-state index in [0.717, 1.165) is 52.3 Å². The van der Waals surface area contributed by atoms with Crippen molar-refractivity contribution in [3.63, 3.8) is 0 Å². The number of aromatic nitrogens is 3. The van der Waals surface area contributed by atoms with E-state index in [4.69, 9.17) is 26.1 Å². The van der Waals surface area contributed by atoms with E-state index < -0.39 is 11.8 Å². The fourth-order valence-corrected chi connectivity index (χ4v) is 5.18. The molecule has 2 aromatic heterocycles. The lowest BCUT2D eigenvalue weighted by Gasteiger charge is -2.27. The zero-order valence-corrected chi connectivity index (χ0v) is 23.1. The molecule has 3 aromatic carbocycles. The number of imidazole rings is 1. The van der Waals surface area contributed by atoms with Crippen molar-refractivity contribution >= 4 is 28.6 Å². The Morgan fingerprint density at radius 1 is 1.12 bits per heavy atom. The summed E-state index contributed by atoms with van der Waals surface area (Å²) < 4.78 is 27.7. The van der Waals surface area contributed by atoms with E-state index in [9.17, 15) is 14.3 Å². The van der Waals surface area contributed by atoms with Crippen LogP contribution in [-0.4, -0.2) is 38.3 Å². The number of carboxylic acid groups (broad SMARTS) is 1. The van der Waals surface area contributed by atoms with Crippen LogP contribution in [0, 0.1) is 12.7 Å². The van der Waals surface area contributed by atoms with Crippen molar-refractivity contribution in [3.05, 3.63) is 112 Å². The molecule has 1 aliphatic rings. The van der Waals surface area contributed by atoms with Crippen molar-refractivity contribution in [1.82, 2.24) is 14.5 Å². The number of ether oxygens (including phenoxy) is 2. The lowest BCUT2D eigenvalue weighted by atomic mass is 10.0. The Kier molecular flexibility index (Phi) is 7.43. The van der Waals surface area contributed by atoms with E-state index >= 15 is 0 Å². The van der Waals surface area contributed by atoms with Gasteiger partial charge in [-0.1, -0.05) is 41.9 Å². The van der Waals surface area contributed by atoms with E-state index in [-0.39, 0.29) is 18.3 Å². The highest BCUT2D eigenvalue weighted by Crippen LogP contribution is 2.28. The number of carboxylic acids is 1. The summed E-state index contributed by atoms with van der Waals surface area (Å²) in [5, 5.41) is 9.83. The Morgan fingerprint density at radius 3 is 2.71 bits per heavy atom. The molecule has 1 fully saturated rings. The molecule has 41 heavy (non-hydrogen) atoms. The Hall–Kier alpha value is -4.27. The number of aryl methyl sites for hydroxylation is 1. The number of hydrogen-bond donors (Lipinski definition) is 1. The van der Waals surface area contributed by atoms with Gasteiger partial charge in [0.2, 0.25) is 5.88 Å². The maximum absolute atomic E-state index is 14.1. The summed E-state index contributed by atoms with van der Waals surface area (Å²) in [4.78, 5) is 21.1. The molecule has 1 N–H and O–H groups in total. The first-order chi connectivity index (χ1) is 19.8. The van der Waals surface area contributed by atoms with Crippen LogP contribution in [0.3, 0.4) is 0 Å². The molecule has 1 aliphatic heterocycles. The van der Waals surface area contributed by atoms with Gasteiger partial charge in [-0.2, -0.15) is 0 Å². The van der Waals surface area contributed by atoms with Crippen LogP contribution in [0.1, 0.15) is 39.3 Å². The van der Waals surface area contributed by atoms with Crippen LogP contribution in [0.15, 0.2) is 72.8 Å². The number of pyridine rings is 1. The van der Waals surface area contributed by atoms with Gasteiger partial charge < -0.3 is 19.1 Å². The molecule has 0 radical (unpaired) electrons. The minimum atomic E-state index is -0.965. The standard InChI is InChI=1S/C32H27ClFN3O4/c1-19-13-20(14-30-35-28-10-7-21(32(38)39)15-29(28)37(30)17-24-11-12-40-24)5-9-25(19)27-3-2-4-31(36-27)41-18-22-6-8-23(33)16-26(22)34/h2-10,13,15-16,24H,11-12,14,17-18H2,1H3,(H,38,39). The molecule has 1 saturated heterocycles. The largest absolute Gasteiger partial charge is 0.478 e. The number of rotatable bonds is 9. The van der Waals surface area contributed by atoms with Gasteiger partial charge in [0.25, 0.3) is 0 Å². The predicted octanol–water partition coefficient (Wildman–Crippen LogP) is 6.86. The van der Waals surface area contributed by atoms with E-state index in [1.54, 1.807) is 36.4 Å². The lowest BCUT2D eigenvalue weighted by Crippen LogP contribution is -2.31. The van der Waals surface area contributed by atoms with E-state index in [1.807, 2.05) is 31.2 Å². The average molecular weight is 572 g/mol. The minimum Gasteiger partial charge on any atom is -0.478 e. The fraction of sp³-hybridized carbons (Fsp3) is 0.219. The van der Waals surface area contributed by atoms with Gasteiger partial charge in [0, 0.05) is 35.2 Å². The summed E-state index contributed by atoms with van der Waals surface area (Å²) in [7, 11) is 0. The molecule has 9 heteroatoms. The van der Waals surface area contributed by atoms with Gasteiger partial charge in [-0.3, -0.25) is 0 Å². The van der Waals surface area contributed by atoms with Gasteiger partial charge in [0.15, 0.2) is 0 Å². The third-order valence-electron chi connectivity index (χ3n) is 7.30. The second-order valence-corrected chi connectivity index (χ2v) is 10.6. The van der Waals surface area contributed by atoms with Crippen LogP contribution in [0.25, 0.3) is 22.3 Å². The van der Waals surface area contributed by atoms with Gasteiger partial charge in [0.05, 0.1) is 34.9 Å². The SMILES string of the molecule is Cc1cc(Cc2nc3ccc(C(=O)O)cc3n2CC2CCO2)ccc1-c1cccc(OCc2ccc(Cl)cc2F)n1. The number of fused-ring (bicyclic) bond motifs is 1. The summed E-state index contributed by atoms with van der Waals surface area (Å²) in [6.45, 7) is 3.44. The van der Waals surface area contributed by atoms with E-state index in [2.05, 4.69) is 15.6 Å². The van der Waals surface area contributed by atoms with Crippen LogP contribution in [0.4, 0.5) is 4.39 Å². The lowest BCUT2D eigenvalue weighted by molar-refractivity contribution is -0.0589. The molecule has 208 valence electrons. The van der Waals surface area contributed by atoms with Crippen LogP contribution >= 0.6 is 11.6 Å². The number of nitrogens with zero attached hydrogens (tertiary/aromatic N) is 3. The van der Waals surface area contributed by atoms with Crippen molar-refractivity contribution in [2.75, 3.05) is 6.61 Å². The Labute approximate surface area is 241 Å². The molecular weight excluding hydrogens is 545 g/mol. The van der Waals surface area contributed by atoms with Gasteiger partial charge in [-0.15, -0.1) is 0 Å². The average Bonchev–Trinajstić information content (AvgIpc) is 3.26. The third kappa shape index (κ3) is 5.80. The Balaban J connectivity index is 1.23. The number of benzene rings is 3. The van der Waals surface area contributed by atoms with E-state index in [1.165, 1.54) is 6.07 Å². The summed E-state index contributed by atoms with van der Waals surface area (Å²) in [6, 6.07) is 21.2. The molecule has 0 amide bonds. The monoisotopic (exact) mass is 571 g/mol. The number of halogens is 2. The minimum absolute atomic E-state index is 0.0399. The molecule has 3 heterocycles. The molecule has 0 bridgehead atoms. The molecule has 7 nitrogen and oxygen atoms in total. The van der Waals surface area contributed by atoms with Crippen LogP contribution in [-0.2, 0) is 24.3 Å². The molecule has 5 aromatic rings. The maximum atomic E-state index is 14.1. The van der Waals surface area contributed by atoms with Crippen LogP contribution in [0.5, 0.6) is 5.88 Å². The van der Waals surface area contributed by atoms with Crippen LogP contribution < -0.4 is 4.74 Å². The molecular formula is C32H27ClFN3O4. The molecule has 0 saturated carbocycles. The Bertz CT molecular complexity index is 1770.